The average Bonchev–Trinajstić information content (AvgIpc) is 3.25. The van der Waals surface area contributed by atoms with Crippen molar-refractivity contribution in [1.29, 1.82) is 0 Å². The van der Waals surface area contributed by atoms with Crippen LogP contribution in [0.15, 0.2) is 121 Å². The van der Waals surface area contributed by atoms with Gasteiger partial charge in [0, 0.05) is 23.7 Å². The Morgan fingerprint density at radius 3 is 2.24 bits per heavy atom. The van der Waals surface area contributed by atoms with Crippen LogP contribution in [0.1, 0.15) is 73.6 Å². The van der Waals surface area contributed by atoms with Crippen LogP contribution >= 0.6 is 0 Å². The zero-order chi connectivity index (χ0) is 44.1. The standard InChI is InChI=1S/C49H49FN2O9S/c1-33(53)61-44(37-16-21-40(50)22-17-37)27-26-43-46(52(47(43)54)41-23-12-34(13-24-41)11-8-28-51-62(4,56)57)42-25-18-38(29-45(42)58-30-35-9-6-5-7-10-35)36-14-19-39(20-15-36)49(55)31-59-48(2,3)60-32-49/h5-7,9-10,12-25,29,43-44,46,51,55H,26-28,30-32H2,1-4H3/t43?,44-,46?/m0/s1. The van der Waals surface area contributed by atoms with Crippen molar-refractivity contribution < 1.29 is 46.5 Å². The van der Waals surface area contributed by atoms with Gasteiger partial charge in [-0.25, -0.2) is 17.5 Å². The lowest BCUT2D eigenvalue weighted by molar-refractivity contribution is -0.305. The van der Waals surface area contributed by atoms with Gasteiger partial charge in [0.15, 0.2) is 5.79 Å². The minimum atomic E-state index is -3.39. The molecule has 3 atom stereocenters. The maximum absolute atomic E-state index is 14.4. The third-order valence-electron chi connectivity index (χ3n) is 10.9. The number of benzene rings is 5. The normalized spacial score (nSPS) is 18.5. The first-order valence-corrected chi connectivity index (χ1v) is 22.2. The Bertz CT molecular complexity index is 2550. The molecule has 0 saturated carbocycles. The molecule has 2 fully saturated rings. The molecule has 2 N–H and O–H groups in total. The topological polar surface area (TPSA) is 141 Å². The summed E-state index contributed by atoms with van der Waals surface area (Å²) in [6.45, 7) is 5.33. The third kappa shape index (κ3) is 10.8. The summed E-state index contributed by atoms with van der Waals surface area (Å²) < 4.78 is 63.0. The summed E-state index contributed by atoms with van der Waals surface area (Å²) in [5.74, 6) is 3.93. The average molecular weight is 861 g/mol. The van der Waals surface area contributed by atoms with E-state index in [1.807, 2.05) is 86.6 Å². The Labute approximate surface area is 361 Å². The highest BCUT2D eigenvalue weighted by atomic mass is 32.2. The fraction of sp³-hybridized carbons (Fsp3) is 0.306. The number of nitrogens with zero attached hydrogens (tertiary/aromatic N) is 1. The molecule has 2 saturated heterocycles. The summed E-state index contributed by atoms with van der Waals surface area (Å²) in [6.07, 6.45) is 0.990. The molecule has 1 amide bonds. The highest BCUT2D eigenvalue weighted by Gasteiger charge is 2.50. The number of esters is 1. The molecular formula is C49H49FN2O9S. The van der Waals surface area contributed by atoms with E-state index in [1.54, 1.807) is 41.3 Å². The molecule has 13 heteroatoms. The number of aliphatic hydroxyl groups is 1. The van der Waals surface area contributed by atoms with Crippen molar-refractivity contribution in [3.05, 3.63) is 155 Å². The summed E-state index contributed by atoms with van der Waals surface area (Å²) in [5, 5.41) is 11.4. The van der Waals surface area contributed by atoms with Gasteiger partial charge in [-0.15, -0.1) is 0 Å². The summed E-state index contributed by atoms with van der Waals surface area (Å²) in [4.78, 5) is 28.3. The number of carbonyl (C=O) groups is 2. The van der Waals surface area contributed by atoms with E-state index in [1.165, 1.54) is 19.1 Å². The van der Waals surface area contributed by atoms with E-state index in [0.29, 0.717) is 41.0 Å². The minimum Gasteiger partial charge on any atom is -0.489 e. The van der Waals surface area contributed by atoms with Gasteiger partial charge in [0.05, 0.1) is 38.0 Å². The SMILES string of the molecule is CC(=O)O[C@@H](CCC1C(=O)N(c2ccc(C#CCNS(C)(=O)=O)cc2)C1c1ccc(-c2ccc(C3(O)COC(C)(C)OC3)cc2)cc1OCc1ccccc1)c1ccc(F)cc1. The molecular weight excluding hydrogens is 812 g/mol. The van der Waals surface area contributed by atoms with Crippen LogP contribution in [0, 0.1) is 23.6 Å². The molecule has 11 nitrogen and oxygen atoms in total. The number of halogens is 1. The first-order valence-electron chi connectivity index (χ1n) is 20.3. The zero-order valence-corrected chi connectivity index (χ0v) is 35.8. The Kier molecular flexibility index (Phi) is 13.3. The van der Waals surface area contributed by atoms with Gasteiger partial charge in [0.2, 0.25) is 15.9 Å². The molecule has 7 rings (SSSR count). The van der Waals surface area contributed by atoms with Crippen molar-refractivity contribution in [2.24, 2.45) is 5.92 Å². The van der Waals surface area contributed by atoms with Crippen LogP contribution in [0.4, 0.5) is 10.1 Å². The predicted molar refractivity (Wildman–Crippen MR) is 233 cm³/mol. The van der Waals surface area contributed by atoms with Crippen molar-refractivity contribution in [3.63, 3.8) is 0 Å². The van der Waals surface area contributed by atoms with Crippen LogP contribution in [0.5, 0.6) is 5.75 Å². The van der Waals surface area contributed by atoms with Crippen LogP contribution in [0.25, 0.3) is 11.1 Å². The fourth-order valence-electron chi connectivity index (χ4n) is 7.62. The van der Waals surface area contributed by atoms with Gasteiger partial charge in [-0.1, -0.05) is 90.7 Å². The van der Waals surface area contributed by atoms with E-state index in [2.05, 4.69) is 16.6 Å². The molecule has 2 aliphatic rings. The molecule has 2 aliphatic heterocycles. The van der Waals surface area contributed by atoms with Gasteiger partial charge in [0.25, 0.3) is 0 Å². The molecule has 0 aromatic heterocycles. The summed E-state index contributed by atoms with van der Waals surface area (Å²) in [5.41, 5.74) is 4.67. The van der Waals surface area contributed by atoms with Crippen molar-refractivity contribution in [3.8, 4) is 28.7 Å². The van der Waals surface area contributed by atoms with Crippen molar-refractivity contribution in [1.82, 2.24) is 4.72 Å². The number of ether oxygens (including phenoxy) is 4. The molecule has 322 valence electrons. The number of β-lactam (4-membered cyclic amide) rings is 1. The van der Waals surface area contributed by atoms with E-state index in [4.69, 9.17) is 18.9 Å². The second-order valence-corrected chi connectivity index (χ2v) is 17.9. The number of sulfonamides is 1. The summed E-state index contributed by atoms with van der Waals surface area (Å²) in [6, 6.07) is 35.7. The van der Waals surface area contributed by atoms with Gasteiger partial charge >= 0.3 is 5.97 Å². The van der Waals surface area contributed by atoms with E-state index < -0.39 is 51.3 Å². The van der Waals surface area contributed by atoms with Crippen molar-refractivity contribution >= 4 is 27.6 Å². The number of nitrogens with one attached hydrogen (secondary N) is 1. The second-order valence-electron chi connectivity index (χ2n) is 16.0. The number of carbonyl (C=O) groups excluding carboxylic acids is 2. The zero-order valence-electron chi connectivity index (χ0n) is 35.0. The van der Waals surface area contributed by atoms with Gasteiger partial charge < -0.3 is 29.0 Å². The van der Waals surface area contributed by atoms with Gasteiger partial charge in [0.1, 0.15) is 29.9 Å². The lowest BCUT2D eigenvalue weighted by atomic mass is 9.77. The summed E-state index contributed by atoms with van der Waals surface area (Å²) in [7, 11) is -3.39. The lowest BCUT2D eigenvalue weighted by Crippen LogP contribution is -2.55. The number of anilines is 1. The molecule has 2 heterocycles. The second kappa shape index (κ2) is 18.6. The lowest BCUT2D eigenvalue weighted by Gasteiger charge is -2.48. The van der Waals surface area contributed by atoms with Crippen LogP contribution in [0.2, 0.25) is 0 Å². The van der Waals surface area contributed by atoms with Crippen molar-refractivity contribution in [2.75, 3.05) is 30.9 Å². The van der Waals surface area contributed by atoms with E-state index in [0.717, 1.165) is 28.5 Å². The highest BCUT2D eigenvalue weighted by molar-refractivity contribution is 7.88. The maximum atomic E-state index is 14.4. The molecule has 2 unspecified atom stereocenters. The van der Waals surface area contributed by atoms with Crippen LogP contribution in [0.3, 0.4) is 0 Å². The van der Waals surface area contributed by atoms with E-state index in [9.17, 15) is 27.5 Å². The van der Waals surface area contributed by atoms with Gasteiger partial charge in [-0.3, -0.25) is 9.59 Å². The van der Waals surface area contributed by atoms with Crippen LogP contribution in [-0.2, 0) is 46.0 Å². The molecule has 0 bridgehead atoms. The maximum Gasteiger partial charge on any atom is 0.303 e. The largest absolute Gasteiger partial charge is 0.489 e. The Balaban J connectivity index is 1.23. The van der Waals surface area contributed by atoms with Gasteiger partial charge in [-0.2, -0.15) is 0 Å². The van der Waals surface area contributed by atoms with Crippen LogP contribution in [-0.4, -0.2) is 57.2 Å². The predicted octanol–water partition coefficient (Wildman–Crippen LogP) is 7.73. The van der Waals surface area contributed by atoms with E-state index >= 15 is 0 Å². The fourth-order valence-corrected chi connectivity index (χ4v) is 7.96. The third-order valence-corrected chi connectivity index (χ3v) is 11.6. The molecule has 5 aromatic carbocycles. The number of hydrogen-bond donors (Lipinski definition) is 2. The van der Waals surface area contributed by atoms with Gasteiger partial charge in [-0.05, 0) is 97.0 Å². The Morgan fingerprint density at radius 2 is 1.60 bits per heavy atom. The monoisotopic (exact) mass is 860 g/mol. The Hall–Kier alpha value is -5.88. The minimum absolute atomic E-state index is 0.0439. The first-order chi connectivity index (χ1) is 29.6. The molecule has 0 radical (unpaired) electrons. The van der Waals surface area contributed by atoms with E-state index in [-0.39, 0.29) is 32.3 Å². The first kappa shape index (κ1) is 44.2. The molecule has 5 aromatic rings. The highest BCUT2D eigenvalue weighted by Crippen LogP contribution is 2.50. The number of rotatable bonds is 14. The smallest absolute Gasteiger partial charge is 0.303 e. The molecule has 0 spiro atoms. The summed E-state index contributed by atoms with van der Waals surface area (Å²) >= 11 is 0. The number of amides is 1. The Morgan fingerprint density at radius 1 is 0.935 bits per heavy atom. The van der Waals surface area contributed by atoms with Crippen molar-refractivity contribution in [2.45, 2.75) is 63.8 Å². The quantitative estimate of drug-likeness (QED) is 0.0652. The number of hydrogen-bond acceptors (Lipinski definition) is 9. The van der Waals surface area contributed by atoms with Crippen LogP contribution < -0.4 is 14.4 Å². The molecule has 0 aliphatic carbocycles. The molecule has 62 heavy (non-hydrogen) atoms.